The minimum atomic E-state index is -4.03. The summed E-state index contributed by atoms with van der Waals surface area (Å²) < 4.78 is 27.0. The maximum absolute atomic E-state index is 12.3. The molecule has 24 heavy (non-hydrogen) atoms. The summed E-state index contributed by atoms with van der Waals surface area (Å²) in [4.78, 5) is 25.5. The molecule has 0 saturated carbocycles. The molecule has 0 aliphatic heterocycles. The summed E-state index contributed by atoms with van der Waals surface area (Å²) in [5.41, 5.74) is 0.379. The standard InChI is InChI=1S/C16H15BrN2O4S/c1-19(2)16(21)12-7-5-6-11(10-12)15(20)18-24(22,23)14-9-4-3-8-13(14)17/h3-10H,1-2H3,(H,18,20). The van der Waals surface area contributed by atoms with Crippen molar-refractivity contribution in [3.05, 3.63) is 64.1 Å². The summed E-state index contributed by atoms with van der Waals surface area (Å²) in [5.74, 6) is -1.09. The van der Waals surface area contributed by atoms with Crippen molar-refractivity contribution in [1.82, 2.24) is 9.62 Å². The third kappa shape index (κ3) is 4.01. The Balaban J connectivity index is 2.29. The normalized spacial score (nSPS) is 11.0. The van der Waals surface area contributed by atoms with Gasteiger partial charge < -0.3 is 4.90 Å². The SMILES string of the molecule is CN(C)C(=O)c1cccc(C(=O)NS(=O)(=O)c2ccccc2Br)c1. The Morgan fingerprint density at radius 1 is 1.00 bits per heavy atom. The topological polar surface area (TPSA) is 83.6 Å². The molecule has 2 aromatic rings. The molecule has 0 atom stereocenters. The summed E-state index contributed by atoms with van der Waals surface area (Å²) in [6.07, 6.45) is 0. The van der Waals surface area contributed by atoms with Crippen molar-refractivity contribution in [2.45, 2.75) is 4.90 Å². The Hall–Kier alpha value is -2.19. The highest BCUT2D eigenvalue weighted by Gasteiger charge is 2.21. The zero-order chi connectivity index (χ0) is 17.9. The highest BCUT2D eigenvalue weighted by Crippen LogP contribution is 2.21. The zero-order valence-electron chi connectivity index (χ0n) is 13.0. The first-order valence-corrected chi connectivity index (χ1v) is 9.13. The summed E-state index contributed by atoms with van der Waals surface area (Å²) in [6.45, 7) is 0. The van der Waals surface area contributed by atoms with Crippen LogP contribution in [0.5, 0.6) is 0 Å². The molecule has 2 rings (SSSR count). The molecule has 126 valence electrons. The van der Waals surface area contributed by atoms with Gasteiger partial charge in [0.25, 0.3) is 21.8 Å². The molecular formula is C16H15BrN2O4S. The molecule has 0 heterocycles. The van der Waals surface area contributed by atoms with Crippen molar-refractivity contribution in [2.75, 3.05) is 14.1 Å². The van der Waals surface area contributed by atoms with Crippen LogP contribution >= 0.6 is 15.9 Å². The van der Waals surface area contributed by atoms with Crippen molar-refractivity contribution < 1.29 is 18.0 Å². The van der Waals surface area contributed by atoms with Crippen LogP contribution in [0, 0.1) is 0 Å². The van der Waals surface area contributed by atoms with Gasteiger partial charge in [-0.05, 0) is 46.3 Å². The molecule has 0 spiro atoms. The van der Waals surface area contributed by atoms with Crippen LogP contribution in [0.25, 0.3) is 0 Å². The lowest BCUT2D eigenvalue weighted by atomic mass is 10.1. The van der Waals surface area contributed by atoms with E-state index in [1.165, 1.54) is 29.2 Å². The predicted octanol–water partition coefficient (Wildman–Crippen LogP) is 2.27. The number of halogens is 1. The van der Waals surface area contributed by atoms with E-state index in [4.69, 9.17) is 0 Å². The van der Waals surface area contributed by atoms with E-state index in [9.17, 15) is 18.0 Å². The molecule has 0 unspecified atom stereocenters. The molecule has 2 amide bonds. The number of carbonyl (C=O) groups is 2. The molecule has 0 saturated heterocycles. The van der Waals surface area contributed by atoms with Gasteiger partial charge in [-0.25, -0.2) is 13.1 Å². The molecule has 0 fully saturated rings. The number of rotatable bonds is 4. The highest BCUT2D eigenvalue weighted by molar-refractivity contribution is 9.10. The molecule has 0 radical (unpaired) electrons. The fourth-order valence-electron chi connectivity index (χ4n) is 1.95. The quantitative estimate of drug-likeness (QED) is 0.837. The predicted molar refractivity (Wildman–Crippen MR) is 93.3 cm³/mol. The third-order valence-electron chi connectivity index (χ3n) is 3.13. The van der Waals surface area contributed by atoms with Gasteiger partial charge in [-0.1, -0.05) is 18.2 Å². The second kappa shape index (κ2) is 7.14. The number of amides is 2. The number of carbonyl (C=O) groups excluding carboxylic acids is 2. The number of hydrogen-bond donors (Lipinski definition) is 1. The summed E-state index contributed by atoms with van der Waals surface area (Å²) in [5, 5.41) is 0. The lowest BCUT2D eigenvalue weighted by Crippen LogP contribution is -2.31. The first-order valence-electron chi connectivity index (χ1n) is 6.86. The van der Waals surface area contributed by atoms with E-state index in [1.807, 2.05) is 4.72 Å². The third-order valence-corrected chi connectivity index (χ3v) is 5.47. The summed E-state index contributed by atoms with van der Waals surface area (Å²) in [7, 11) is -0.850. The Kier molecular flexibility index (Phi) is 5.40. The zero-order valence-corrected chi connectivity index (χ0v) is 15.4. The lowest BCUT2D eigenvalue weighted by molar-refractivity contribution is 0.0827. The van der Waals surface area contributed by atoms with Gasteiger partial charge in [-0.15, -0.1) is 0 Å². The van der Waals surface area contributed by atoms with Crippen LogP contribution in [0.4, 0.5) is 0 Å². The number of sulfonamides is 1. The number of nitrogens with zero attached hydrogens (tertiary/aromatic N) is 1. The molecule has 0 bridgehead atoms. The maximum atomic E-state index is 12.3. The second-order valence-corrected chi connectivity index (χ2v) is 7.65. The van der Waals surface area contributed by atoms with E-state index in [0.29, 0.717) is 10.0 Å². The fourth-order valence-corrected chi connectivity index (χ4v) is 3.93. The van der Waals surface area contributed by atoms with E-state index in [2.05, 4.69) is 15.9 Å². The molecule has 8 heteroatoms. The monoisotopic (exact) mass is 410 g/mol. The largest absolute Gasteiger partial charge is 0.345 e. The molecule has 1 N–H and O–H groups in total. The fraction of sp³-hybridized carbons (Fsp3) is 0.125. The molecule has 0 aliphatic carbocycles. The van der Waals surface area contributed by atoms with Gasteiger partial charge in [0.15, 0.2) is 0 Å². The van der Waals surface area contributed by atoms with Gasteiger partial charge in [0, 0.05) is 29.7 Å². The maximum Gasteiger partial charge on any atom is 0.265 e. The first kappa shape index (κ1) is 18.2. The van der Waals surface area contributed by atoms with Crippen LogP contribution in [0.2, 0.25) is 0 Å². The molecular weight excluding hydrogens is 396 g/mol. The second-order valence-electron chi connectivity index (χ2n) is 5.15. The minimum absolute atomic E-state index is 0.0427. The Bertz CT molecular complexity index is 894. The van der Waals surface area contributed by atoms with Crippen LogP contribution in [0.1, 0.15) is 20.7 Å². The van der Waals surface area contributed by atoms with E-state index in [0.717, 1.165) is 0 Å². The number of hydrogen-bond acceptors (Lipinski definition) is 4. The van der Waals surface area contributed by atoms with Gasteiger partial charge in [0.1, 0.15) is 4.90 Å². The van der Waals surface area contributed by atoms with Gasteiger partial charge in [-0.3, -0.25) is 9.59 Å². The smallest absolute Gasteiger partial charge is 0.265 e. The van der Waals surface area contributed by atoms with Crippen LogP contribution in [0.15, 0.2) is 57.9 Å². The van der Waals surface area contributed by atoms with Crippen molar-refractivity contribution in [2.24, 2.45) is 0 Å². The molecule has 2 aromatic carbocycles. The molecule has 0 aromatic heterocycles. The van der Waals surface area contributed by atoms with Gasteiger partial charge >= 0.3 is 0 Å². The van der Waals surface area contributed by atoms with Crippen molar-refractivity contribution in [3.8, 4) is 0 Å². The Morgan fingerprint density at radius 2 is 1.62 bits per heavy atom. The van der Waals surface area contributed by atoms with Crippen molar-refractivity contribution in [1.29, 1.82) is 0 Å². The minimum Gasteiger partial charge on any atom is -0.345 e. The van der Waals surface area contributed by atoms with Crippen molar-refractivity contribution in [3.63, 3.8) is 0 Å². The molecule has 0 aliphatic rings. The number of benzene rings is 2. The lowest BCUT2D eigenvalue weighted by Gasteiger charge is -2.12. The van der Waals surface area contributed by atoms with Gasteiger partial charge in [0.2, 0.25) is 0 Å². The van der Waals surface area contributed by atoms with E-state index >= 15 is 0 Å². The first-order chi connectivity index (χ1) is 11.2. The van der Waals surface area contributed by atoms with Crippen LogP contribution < -0.4 is 4.72 Å². The number of nitrogens with one attached hydrogen (secondary N) is 1. The van der Waals surface area contributed by atoms with Crippen molar-refractivity contribution >= 4 is 37.8 Å². The van der Waals surface area contributed by atoms with E-state index < -0.39 is 15.9 Å². The average Bonchev–Trinajstić information content (AvgIpc) is 2.54. The van der Waals surface area contributed by atoms with Gasteiger partial charge in [0.05, 0.1) is 0 Å². The van der Waals surface area contributed by atoms with Crippen LogP contribution in [-0.2, 0) is 10.0 Å². The van der Waals surface area contributed by atoms with E-state index in [-0.39, 0.29) is 16.4 Å². The average molecular weight is 411 g/mol. The van der Waals surface area contributed by atoms with E-state index in [1.54, 1.807) is 38.4 Å². The Morgan fingerprint density at radius 3 is 2.25 bits per heavy atom. The van der Waals surface area contributed by atoms with Gasteiger partial charge in [-0.2, -0.15) is 0 Å². The Labute approximate surface area is 148 Å². The summed E-state index contributed by atoms with van der Waals surface area (Å²) >= 11 is 3.14. The summed E-state index contributed by atoms with van der Waals surface area (Å²) in [6, 6.07) is 12.0. The highest BCUT2D eigenvalue weighted by atomic mass is 79.9. The van der Waals surface area contributed by atoms with Crippen LogP contribution in [-0.4, -0.2) is 39.2 Å². The van der Waals surface area contributed by atoms with Crippen LogP contribution in [0.3, 0.4) is 0 Å². The molecule has 6 nitrogen and oxygen atoms in total.